The van der Waals surface area contributed by atoms with E-state index in [0.29, 0.717) is 44.0 Å². The van der Waals surface area contributed by atoms with Gasteiger partial charge < -0.3 is 10.1 Å². The molecule has 0 aromatic heterocycles. The van der Waals surface area contributed by atoms with Crippen molar-refractivity contribution < 1.29 is 17.9 Å². The molecule has 0 bridgehead atoms. The summed E-state index contributed by atoms with van der Waals surface area (Å²) in [6, 6.07) is 6.53. The van der Waals surface area contributed by atoms with Crippen molar-refractivity contribution in [3.63, 3.8) is 0 Å². The van der Waals surface area contributed by atoms with Crippen LogP contribution in [0.4, 0.5) is 0 Å². The van der Waals surface area contributed by atoms with Crippen LogP contribution < -0.4 is 10.1 Å². The van der Waals surface area contributed by atoms with Crippen molar-refractivity contribution in [2.75, 3.05) is 20.2 Å². The van der Waals surface area contributed by atoms with Crippen molar-refractivity contribution >= 4 is 15.9 Å². The van der Waals surface area contributed by atoms with Gasteiger partial charge in [-0.2, -0.15) is 4.31 Å². The smallest absolute Gasteiger partial charge is 0.243 e. The molecule has 144 valence electrons. The van der Waals surface area contributed by atoms with Gasteiger partial charge in [-0.1, -0.05) is 12.8 Å². The highest BCUT2D eigenvalue weighted by Gasteiger charge is 2.30. The second kappa shape index (κ2) is 8.39. The van der Waals surface area contributed by atoms with Crippen LogP contribution >= 0.6 is 0 Å². The number of ether oxygens (including phenoxy) is 1. The summed E-state index contributed by atoms with van der Waals surface area (Å²) in [5.74, 6) is 1.28. The van der Waals surface area contributed by atoms with Crippen molar-refractivity contribution in [3.8, 4) is 5.75 Å². The molecule has 26 heavy (non-hydrogen) atoms. The van der Waals surface area contributed by atoms with Crippen LogP contribution in [0.15, 0.2) is 29.2 Å². The largest absolute Gasteiger partial charge is 0.497 e. The molecule has 0 spiro atoms. The van der Waals surface area contributed by atoms with E-state index in [9.17, 15) is 13.2 Å². The number of methoxy groups -OCH3 is 1. The summed E-state index contributed by atoms with van der Waals surface area (Å²) in [7, 11) is -1.94. The zero-order valence-corrected chi connectivity index (χ0v) is 16.1. The Hall–Kier alpha value is -1.60. The molecule has 6 nitrogen and oxygen atoms in total. The Bertz CT molecular complexity index is 704. The number of sulfonamides is 1. The number of piperidine rings is 1. The highest BCUT2D eigenvalue weighted by atomic mass is 32.2. The van der Waals surface area contributed by atoms with Gasteiger partial charge in [0.2, 0.25) is 15.9 Å². The molecule has 1 N–H and O–H groups in total. The minimum absolute atomic E-state index is 0.0752. The first kappa shape index (κ1) is 19.2. The Morgan fingerprint density at radius 3 is 2.31 bits per heavy atom. The lowest BCUT2D eigenvalue weighted by Crippen LogP contribution is -2.46. The van der Waals surface area contributed by atoms with E-state index in [1.807, 2.05) is 0 Å². The fraction of sp³-hybridized carbons (Fsp3) is 0.632. The zero-order valence-electron chi connectivity index (χ0n) is 15.3. The Kier molecular flexibility index (Phi) is 6.19. The minimum atomic E-state index is -3.49. The first-order chi connectivity index (χ1) is 12.5. The summed E-state index contributed by atoms with van der Waals surface area (Å²) in [5.41, 5.74) is 0. The summed E-state index contributed by atoms with van der Waals surface area (Å²) in [4.78, 5) is 12.5. The Morgan fingerprint density at radius 2 is 1.73 bits per heavy atom. The van der Waals surface area contributed by atoms with Crippen LogP contribution in [0.1, 0.15) is 44.9 Å². The SMILES string of the molecule is COc1ccc(S(=O)(=O)N2CCC(NC(=O)CC3CCCC3)CC2)cc1. The molecule has 1 saturated heterocycles. The van der Waals surface area contributed by atoms with Crippen molar-refractivity contribution in [2.24, 2.45) is 5.92 Å². The van der Waals surface area contributed by atoms with E-state index in [4.69, 9.17) is 4.74 Å². The molecule has 1 aromatic carbocycles. The third kappa shape index (κ3) is 4.57. The predicted octanol–water partition coefficient (Wildman–Crippen LogP) is 2.54. The van der Waals surface area contributed by atoms with Crippen molar-refractivity contribution in [2.45, 2.75) is 55.9 Å². The highest BCUT2D eigenvalue weighted by molar-refractivity contribution is 7.89. The first-order valence-corrected chi connectivity index (χ1v) is 10.9. The molecular formula is C19H28N2O4S. The minimum Gasteiger partial charge on any atom is -0.497 e. The Morgan fingerprint density at radius 1 is 1.12 bits per heavy atom. The lowest BCUT2D eigenvalue weighted by molar-refractivity contribution is -0.122. The molecule has 0 unspecified atom stereocenters. The highest BCUT2D eigenvalue weighted by Crippen LogP contribution is 2.28. The Labute approximate surface area is 156 Å². The first-order valence-electron chi connectivity index (χ1n) is 9.42. The van der Waals surface area contributed by atoms with Crippen LogP contribution in [0.2, 0.25) is 0 Å². The molecule has 3 rings (SSSR count). The van der Waals surface area contributed by atoms with Gasteiger partial charge >= 0.3 is 0 Å². The molecule has 2 aliphatic rings. The summed E-state index contributed by atoms with van der Waals surface area (Å²) in [6.07, 6.45) is 6.72. The number of amides is 1. The van der Waals surface area contributed by atoms with E-state index in [-0.39, 0.29) is 16.8 Å². The standard InChI is InChI=1S/C19H28N2O4S/c1-25-17-6-8-18(9-7-17)26(23,24)21-12-10-16(11-13-21)20-19(22)14-15-4-2-3-5-15/h6-9,15-16H,2-5,10-14H2,1H3,(H,20,22). The second-order valence-corrected chi connectivity index (χ2v) is 9.21. The number of benzene rings is 1. The zero-order chi connectivity index (χ0) is 18.6. The molecule has 1 aliphatic carbocycles. The molecule has 1 heterocycles. The molecule has 1 aromatic rings. The van der Waals surface area contributed by atoms with E-state index in [1.165, 1.54) is 17.1 Å². The summed E-state index contributed by atoms with van der Waals surface area (Å²) >= 11 is 0. The summed E-state index contributed by atoms with van der Waals surface area (Å²) in [5, 5.41) is 3.10. The number of hydrogen-bond donors (Lipinski definition) is 1. The number of nitrogens with zero attached hydrogens (tertiary/aromatic N) is 1. The lowest BCUT2D eigenvalue weighted by Gasteiger charge is -2.31. The van der Waals surface area contributed by atoms with Crippen molar-refractivity contribution in [3.05, 3.63) is 24.3 Å². The fourth-order valence-electron chi connectivity index (χ4n) is 3.90. The monoisotopic (exact) mass is 380 g/mol. The third-order valence-corrected chi connectivity index (χ3v) is 7.38. The lowest BCUT2D eigenvalue weighted by atomic mass is 10.0. The quantitative estimate of drug-likeness (QED) is 0.823. The summed E-state index contributed by atoms with van der Waals surface area (Å²) < 4.78 is 32.1. The maximum Gasteiger partial charge on any atom is 0.243 e. The fourth-order valence-corrected chi connectivity index (χ4v) is 5.37. The van der Waals surface area contributed by atoms with Gasteiger partial charge in [0.15, 0.2) is 0 Å². The molecule has 1 amide bonds. The van der Waals surface area contributed by atoms with E-state index < -0.39 is 10.0 Å². The maximum absolute atomic E-state index is 12.7. The molecule has 2 fully saturated rings. The van der Waals surface area contributed by atoms with Gasteiger partial charge in [-0.3, -0.25) is 4.79 Å². The van der Waals surface area contributed by atoms with Crippen molar-refractivity contribution in [1.82, 2.24) is 9.62 Å². The number of rotatable bonds is 6. The molecule has 0 radical (unpaired) electrons. The average molecular weight is 381 g/mol. The van der Waals surface area contributed by atoms with Crippen LogP contribution in [0.3, 0.4) is 0 Å². The predicted molar refractivity (Wildman–Crippen MR) is 99.5 cm³/mol. The van der Waals surface area contributed by atoms with Gasteiger partial charge in [-0.05, 0) is 55.9 Å². The van der Waals surface area contributed by atoms with Crippen LogP contribution in [0, 0.1) is 5.92 Å². The van der Waals surface area contributed by atoms with E-state index in [1.54, 1.807) is 31.4 Å². The third-order valence-electron chi connectivity index (χ3n) is 5.47. The molecule has 7 heteroatoms. The van der Waals surface area contributed by atoms with Gasteiger partial charge in [-0.15, -0.1) is 0 Å². The number of carbonyl (C=O) groups excluding carboxylic acids is 1. The van der Waals surface area contributed by atoms with Crippen LogP contribution in [0.5, 0.6) is 5.75 Å². The maximum atomic E-state index is 12.7. The number of hydrogen-bond acceptors (Lipinski definition) is 4. The van der Waals surface area contributed by atoms with E-state index in [2.05, 4.69) is 5.32 Å². The van der Waals surface area contributed by atoms with Gasteiger partial charge in [0.25, 0.3) is 0 Å². The molecule has 1 aliphatic heterocycles. The van der Waals surface area contributed by atoms with E-state index >= 15 is 0 Å². The van der Waals surface area contributed by atoms with Crippen LogP contribution in [0.25, 0.3) is 0 Å². The summed E-state index contributed by atoms with van der Waals surface area (Å²) in [6.45, 7) is 0.867. The Balaban J connectivity index is 1.51. The van der Waals surface area contributed by atoms with Crippen LogP contribution in [-0.4, -0.2) is 44.9 Å². The van der Waals surface area contributed by atoms with Gasteiger partial charge in [-0.25, -0.2) is 8.42 Å². The average Bonchev–Trinajstić information content (AvgIpc) is 3.15. The molecule has 0 atom stereocenters. The van der Waals surface area contributed by atoms with Gasteiger partial charge in [0.1, 0.15) is 5.75 Å². The number of nitrogens with one attached hydrogen (secondary N) is 1. The normalized spacial score (nSPS) is 20.2. The molecule has 1 saturated carbocycles. The van der Waals surface area contributed by atoms with Crippen molar-refractivity contribution in [1.29, 1.82) is 0 Å². The van der Waals surface area contributed by atoms with Gasteiger partial charge in [0, 0.05) is 25.6 Å². The second-order valence-electron chi connectivity index (χ2n) is 7.28. The van der Waals surface area contributed by atoms with Crippen LogP contribution in [-0.2, 0) is 14.8 Å². The van der Waals surface area contributed by atoms with Gasteiger partial charge in [0.05, 0.1) is 12.0 Å². The number of carbonyl (C=O) groups is 1. The molecular weight excluding hydrogens is 352 g/mol. The van der Waals surface area contributed by atoms with E-state index in [0.717, 1.165) is 12.8 Å². The topological polar surface area (TPSA) is 75.7 Å².